The summed E-state index contributed by atoms with van der Waals surface area (Å²) >= 11 is 3.48. The highest BCUT2D eigenvalue weighted by molar-refractivity contribution is 9.09. The Bertz CT molecular complexity index is 290. The maximum absolute atomic E-state index is 12.9. The second-order valence-corrected chi connectivity index (χ2v) is 8.42. The van der Waals surface area contributed by atoms with Crippen molar-refractivity contribution in [2.24, 2.45) is 11.8 Å². The molecule has 2 unspecified atom stereocenters. The zero-order chi connectivity index (χ0) is 18.9. The Morgan fingerprint density at radius 2 is 1.32 bits per heavy atom. The predicted molar refractivity (Wildman–Crippen MR) is 115 cm³/mol. The van der Waals surface area contributed by atoms with E-state index in [-0.39, 0.29) is 0 Å². The minimum atomic E-state index is 0.402. The third kappa shape index (κ3) is 12.9. The lowest BCUT2D eigenvalue weighted by molar-refractivity contribution is -0.132. The Balaban J connectivity index is 4.73. The molecule has 0 bridgehead atoms. The minimum absolute atomic E-state index is 0.402. The first-order valence-corrected chi connectivity index (χ1v) is 12.1. The molecule has 0 saturated carbocycles. The minimum Gasteiger partial charge on any atom is -0.342 e. The fraction of sp³-hybridized carbons (Fsp3) is 0.955. The van der Waals surface area contributed by atoms with Gasteiger partial charge in [0.2, 0.25) is 5.91 Å². The van der Waals surface area contributed by atoms with Gasteiger partial charge in [0, 0.05) is 24.8 Å². The van der Waals surface area contributed by atoms with E-state index in [1.165, 1.54) is 57.8 Å². The molecule has 0 aromatic rings. The Morgan fingerprint density at radius 1 is 0.800 bits per heavy atom. The van der Waals surface area contributed by atoms with Gasteiger partial charge in [-0.3, -0.25) is 4.79 Å². The Labute approximate surface area is 166 Å². The molecule has 0 saturated heterocycles. The summed E-state index contributed by atoms with van der Waals surface area (Å²) in [6.45, 7) is 11.1. The van der Waals surface area contributed by atoms with Crippen molar-refractivity contribution in [1.82, 2.24) is 4.90 Å². The van der Waals surface area contributed by atoms with Gasteiger partial charge in [-0.15, -0.1) is 0 Å². The summed E-state index contributed by atoms with van der Waals surface area (Å²) in [6.07, 6.45) is 14.1. The maximum Gasteiger partial charge on any atom is 0.222 e. The van der Waals surface area contributed by atoms with Crippen molar-refractivity contribution in [3.05, 3.63) is 0 Å². The van der Waals surface area contributed by atoms with Gasteiger partial charge < -0.3 is 4.90 Å². The normalized spacial score (nSPS) is 13.6. The number of alkyl halides is 1. The topological polar surface area (TPSA) is 20.3 Å². The lowest BCUT2D eigenvalue weighted by Gasteiger charge is -2.31. The molecule has 25 heavy (non-hydrogen) atoms. The molecule has 0 aromatic heterocycles. The number of rotatable bonds is 17. The van der Waals surface area contributed by atoms with Gasteiger partial charge in [0.25, 0.3) is 0 Å². The van der Waals surface area contributed by atoms with E-state index in [1.807, 2.05) is 0 Å². The molecule has 0 radical (unpaired) electrons. The van der Waals surface area contributed by atoms with E-state index in [9.17, 15) is 4.79 Å². The van der Waals surface area contributed by atoms with Gasteiger partial charge in [0.05, 0.1) is 0 Å². The van der Waals surface area contributed by atoms with E-state index in [2.05, 4.69) is 48.5 Å². The van der Waals surface area contributed by atoms with Crippen LogP contribution in [0.2, 0.25) is 0 Å². The van der Waals surface area contributed by atoms with Crippen molar-refractivity contribution in [3.8, 4) is 0 Å². The molecule has 2 atom stereocenters. The zero-order valence-electron chi connectivity index (χ0n) is 17.5. The lowest BCUT2D eigenvalue weighted by atomic mass is 9.95. The molecule has 0 N–H and O–H groups in total. The molecular formula is C22H44BrNO. The summed E-state index contributed by atoms with van der Waals surface area (Å²) in [6, 6.07) is 0. The number of halogens is 1. The fourth-order valence-electron chi connectivity index (χ4n) is 3.44. The van der Waals surface area contributed by atoms with E-state index in [1.54, 1.807) is 0 Å². The number of carbonyl (C=O) groups excluding carboxylic acids is 1. The fourth-order valence-corrected chi connectivity index (χ4v) is 3.84. The first-order chi connectivity index (χ1) is 12.1. The molecule has 2 nitrogen and oxygen atoms in total. The molecule has 0 aliphatic carbocycles. The highest BCUT2D eigenvalue weighted by atomic mass is 79.9. The second kappa shape index (κ2) is 17.4. The number of amides is 1. The molecule has 0 aliphatic heterocycles. The van der Waals surface area contributed by atoms with Crippen LogP contribution < -0.4 is 0 Å². The number of nitrogens with zero attached hydrogens (tertiary/aromatic N) is 1. The predicted octanol–water partition coefficient (Wildman–Crippen LogP) is 7.20. The van der Waals surface area contributed by atoms with Crippen LogP contribution in [0.5, 0.6) is 0 Å². The van der Waals surface area contributed by atoms with Crippen LogP contribution in [0.25, 0.3) is 0 Å². The average molecular weight is 419 g/mol. The summed E-state index contributed by atoms with van der Waals surface area (Å²) in [4.78, 5) is 15.1. The van der Waals surface area contributed by atoms with Gasteiger partial charge in [-0.1, -0.05) is 88.6 Å². The van der Waals surface area contributed by atoms with Crippen LogP contribution in [0.15, 0.2) is 0 Å². The number of hydrogen-bond donors (Lipinski definition) is 0. The quantitative estimate of drug-likeness (QED) is 0.181. The van der Waals surface area contributed by atoms with E-state index in [0.717, 1.165) is 37.7 Å². The lowest BCUT2D eigenvalue weighted by Crippen LogP contribution is -2.38. The van der Waals surface area contributed by atoms with Gasteiger partial charge >= 0.3 is 0 Å². The molecular weight excluding hydrogens is 374 g/mol. The summed E-state index contributed by atoms with van der Waals surface area (Å²) in [5.74, 6) is 1.75. The highest BCUT2D eigenvalue weighted by Crippen LogP contribution is 2.20. The largest absolute Gasteiger partial charge is 0.342 e. The van der Waals surface area contributed by atoms with Gasteiger partial charge in [0.1, 0.15) is 0 Å². The summed E-state index contributed by atoms with van der Waals surface area (Å²) in [5, 5.41) is 1.05. The highest BCUT2D eigenvalue weighted by Gasteiger charge is 2.20. The van der Waals surface area contributed by atoms with Crippen LogP contribution in [0.3, 0.4) is 0 Å². The van der Waals surface area contributed by atoms with E-state index in [4.69, 9.17) is 0 Å². The Hall–Kier alpha value is -0.0500. The van der Waals surface area contributed by atoms with Crippen LogP contribution in [0.1, 0.15) is 105 Å². The van der Waals surface area contributed by atoms with Gasteiger partial charge in [-0.05, 0) is 37.5 Å². The number of carbonyl (C=O) groups is 1. The van der Waals surface area contributed by atoms with Crippen molar-refractivity contribution < 1.29 is 4.79 Å². The van der Waals surface area contributed by atoms with Crippen molar-refractivity contribution in [3.63, 3.8) is 0 Å². The summed E-state index contributed by atoms with van der Waals surface area (Å²) < 4.78 is 0. The average Bonchev–Trinajstić information content (AvgIpc) is 2.63. The van der Waals surface area contributed by atoms with Crippen LogP contribution in [-0.4, -0.2) is 29.2 Å². The first-order valence-electron chi connectivity index (χ1n) is 11.0. The van der Waals surface area contributed by atoms with Gasteiger partial charge in [-0.2, -0.15) is 0 Å². The molecule has 0 heterocycles. The van der Waals surface area contributed by atoms with Gasteiger partial charge in [-0.25, -0.2) is 0 Å². The van der Waals surface area contributed by atoms with Crippen LogP contribution in [0, 0.1) is 11.8 Å². The van der Waals surface area contributed by atoms with E-state index in [0.29, 0.717) is 17.7 Å². The zero-order valence-corrected chi connectivity index (χ0v) is 19.1. The SMILES string of the molecule is CCCCC(CC)CN(CC(CC)CCCC)C(=O)CCCCCBr. The first kappa shape index (κ1) is 24.9. The van der Waals surface area contributed by atoms with E-state index < -0.39 is 0 Å². The summed E-state index contributed by atoms with van der Waals surface area (Å²) in [7, 11) is 0. The number of hydrogen-bond acceptors (Lipinski definition) is 1. The number of unbranched alkanes of at least 4 members (excludes halogenated alkanes) is 4. The van der Waals surface area contributed by atoms with Crippen molar-refractivity contribution in [2.45, 2.75) is 105 Å². The van der Waals surface area contributed by atoms with E-state index >= 15 is 0 Å². The molecule has 150 valence electrons. The van der Waals surface area contributed by atoms with Crippen molar-refractivity contribution >= 4 is 21.8 Å². The molecule has 0 rings (SSSR count). The molecule has 1 amide bonds. The molecule has 3 heteroatoms. The maximum atomic E-state index is 12.9. The molecule has 0 aliphatic rings. The van der Waals surface area contributed by atoms with Gasteiger partial charge in [0.15, 0.2) is 0 Å². The third-order valence-electron chi connectivity index (χ3n) is 5.42. The standard InChI is InChI=1S/C22H44BrNO/c1-5-9-14-20(7-3)18-24(19-21(8-4)15-10-6-2)22(25)16-12-11-13-17-23/h20-21H,5-19H2,1-4H3. The van der Waals surface area contributed by atoms with Crippen LogP contribution >= 0.6 is 15.9 Å². The Morgan fingerprint density at radius 3 is 1.72 bits per heavy atom. The van der Waals surface area contributed by atoms with Crippen LogP contribution in [0.4, 0.5) is 0 Å². The van der Waals surface area contributed by atoms with Crippen LogP contribution in [-0.2, 0) is 4.79 Å². The monoisotopic (exact) mass is 417 g/mol. The third-order valence-corrected chi connectivity index (χ3v) is 5.98. The second-order valence-electron chi connectivity index (χ2n) is 7.63. The Kier molecular flexibility index (Phi) is 17.3. The van der Waals surface area contributed by atoms with Crippen molar-refractivity contribution in [1.29, 1.82) is 0 Å². The molecule has 0 spiro atoms. The summed E-state index contributed by atoms with van der Waals surface area (Å²) in [5.41, 5.74) is 0. The molecule has 0 aromatic carbocycles. The smallest absolute Gasteiger partial charge is 0.222 e. The van der Waals surface area contributed by atoms with Crippen molar-refractivity contribution in [2.75, 3.05) is 18.4 Å². The molecule has 0 fully saturated rings.